The number of halogens is 3. The second-order valence-corrected chi connectivity index (χ2v) is 7.31. The van der Waals surface area contributed by atoms with E-state index in [0.29, 0.717) is 11.1 Å². The van der Waals surface area contributed by atoms with Crippen molar-refractivity contribution in [2.45, 2.75) is 24.2 Å². The Balaban J connectivity index is 2.16. The van der Waals surface area contributed by atoms with Crippen molar-refractivity contribution < 1.29 is 26.3 Å². The lowest BCUT2D eigenvalue weighted by molar-refractivity contribution is -0.202. The molecule has 0 aromatic heterocycles. The maximum Gasteiger partial charge on any atom is 0.445 e. The number of primary sulfonamides is 1. The van der Waals surface area contributed by atoms with E-state index in [4.69, 9.17) is 9.88 Å². The fourth-order valence-electron chi connectivity index (χ4n) is 2.63. The number of nitrogens with one attached hydrogen (secondary N) is 1. The number of hydrogen-bond acceptors (Lipinski definition) is 4. The van der Waals surface area contributed by atoms with Crippen molar-refractivity contribution in [3.8, 4) is 0 Å². The van der Waals surface area contributed by atoms with E-state index in [2.05, 4.69) is 5.32 Å². The number of rotatable bonds is 3. The van der Waals surface area contributed by atoms with Gasteiger partial charge < -0.3 is 10.1 Å². The normalized spacial score (nSPS) is 17.8. The predicted molar refractivity (Wildman–Crippen MR) is 89.9 cm³/mol. The van der Waals surface area contributed by atoms with Crippen molar-refractivity contribution in [2.24, 2.45) is 5.14 Å². The van der Waals surface area contributed by atoms with Gasteiger partial charge in [-0.15, -0.1) is 0 Å². The summed E-state index contributed by atoms with van der Waals surface area (Å²) in [6, 6.07) is 12.5. The summed E-state index contributed by atoms with van der Waals surface area (Å²) in [6.45, 7) is 1.55. The lowest BCUT2D eigenvalue weighted by Crippen LogP contribution is -2.38. The SMILES string of the molecule is Cc1ccc(C2=C(c3ccccc3)OC(C(F)(F)F)N2)cc1S(N)(=O)=O. The van der Waals surface area contributed by atoms with Gasteiger partial charge in [0.15, 0.2) is 5.76 Å². The number of sulfonamides is 1. The number of alkyl halides is 3. The van der Waals surface area contributed by atoms with Gasteiger partial charge in [0.2, 0.25) is 10.0 Å². The highest BCUT2D eigenvalue weighted by atomic mass is 32.2. The largest absolute Gasteiger partial charge is 0.458 e. The van der Waals surface area contributed by atoms with Gasteiger partial charge in [-0.05, 0) is 18.6 Å². The summed E-state index contributed by atoms with van der Waals surface area (Å²) in [5, 5.41) is 7.48. The van der Waals surface area contributed by atoms with E-state index in [0.717, 1.165) is 0 Å². The van der Waals surface area contributed by atoms with E-state index in [-0.39, 0.29) is 21.9 Å². The zero-order valence-electron chi connectivity index (χ0n) is 13.5. The molecule has 5 nitrogen and oxygen atoms in total. The molecule has 138 valence electrons. The molecule has 0 aliphatic carbocycles. The van der Waals surface area contributed by atoms with Gasteiger partial charge in [0, 0.05) is 11.1 Å². The molecular formula is C17H15F3N2O3S. The summed E-state index contributed by atoms with van der Waals surface area (Å²) >= 11 is 0. The van der Waals surface area contributed by atoms with Crippen LogP contribution in [0.4, 0.5) is 13.2 Å². The average Bonchev–Trinajstić information content (AvgIpc) is 3.00. The fraction of sp³-hybridized carbons (Fsp3) is 0.176. The van der Waals surface area contributed by atoms with Crippen LogP contribution in [0.25, 0.3) is 11.5 Å². The van der Waals surface area contributed by atoms with Gasteiger partial charge in [0.1, 0.15) is 0 Å². The third kappa shape index (κ3) is 3.54. The molecule has 0 amide bonds. The van der Waals surface area contributed by atoms with Gasteiger partial charge in [-0.3, -0.25) is 0 Å². The number of aryl methyl sites for hydroxylation is 1. The van der Waals surface area contributed by atoms with Crippen molar-refractivity contribution in [3.63, 3.8) is 0 Å². The molecule has 0 saturated carbocycles. The lowest BCUT2D eigenvalue weighted by atomic mass is 10.1. The molecule has 1 unspecified atom stereocenters. The summed E-state index contributed by atoms with van der Waals surface area (Å²) < 4.78 is 68.0. The van der Waals surface area contributed by atoms with Gasteiger partial charge in [-0.2, -0.15) is 13.2 Å². The molecule has 1 heterocycles. The molecule has 0 saturated heterocycles. The highest BCUT2D eigenvalue weighted by Crippen LogP contribution is 2.38. The first kappa shape index (κ1) is 18.3. The molecule has 9 heteroatoms. The number of hydrogen-bond donors (Lipinski definition) is 2. The third-order valence-corrected chi connectivity index (χ3v) is 4.91. The van der Waals surface area contributed by atoms with Crippen LogP contribution < -0.4 is 10.5 Å². The molecule has 0 radical (unpaired) electrons. The van der Waals surface area contributed by atoms with Crippen LogP contribution in [0.3, 0.4) is 0 Å². The molecular weight excluding hydrogens is 369 g/mol. The smallest absolute Gasteiger partial charge is 0.445 e. The van der Waals surface area contributed by atoms with Gasteiger partial charge in [-0.1, -0.05) is 42.5 Å². The summed E-state index contributed by atoms with van der Waals surface area (Å²) in [5.41, 5.74) is 1.09. The first-order valence-corrected chi connectivity index (χ1v) is 9.05. The zero-order chi connectivity index (χ0) is 19.1. The topological polar surface area (TPSA) is 81.4 Å². The second kappa shape index (κ2) is 6.33. The Hall–Kier alpha value is -2.52. The predicted octanol–water partition coefficient (Wildman–Crippen LogP) is 2.98. The molecule has 3 rings (SSSR count). The van der Waals surface area contributed by atoms with Crippen LogP contribution in [0, 0.1) is 6.92 Å². The molecule has 3 N–H and O–H groups in total. The van der Waals surface area contributed by atoms with Crippen molar-refractivity contribution in [1.29, 1.82) is 0 Å². The third-order valence-electron chi connectivity index (χ3n) is 3.85. The fourth-order valence-corrected chi connectivity index (χ4v) is 3.44. The van der Waals surface area contributed by atoms with Crippen LogP contribution in [-0.4, -0.2) is 20.8 Å². The Kier molecular flexibility index (Phi) is 4.45. The van der Waals surface area contributed by atoms with Crippen LogP contribution in [0.5, 0.6) is 0 Å². The molecule has 26 heavy (non-hydrogen) atoms. The van der Waals surface area contributed by atoms with Crippen LogP contribution in [0.15, 0.2) is 53.4 Å². The summed E-state index contributed by atoms with van der Waals surface area (Å²) in [6.07, 6.45) is -6.87. The van der Waals surface area contributed by atoms with Crippen LogP contribution in [0.1, 0.15) is 16.7 Å². The van der Waals surface area contributed by atoms with Crippen molar-refractivity contribution in [3.05, 3.63) is 65.2 Å². The van der Waals surface area contributed by atoms with Crippen LogP contribution in [-0.2, 0) is 14.8 Å². The highest BCUT2D eigenvalue weighted by Gasteiger charge is 2.47. The minimum Gasteiger partial charge on any atom is -0.458 e. The lowest BCUT2D eigenvalue weighted by Gasteiger charge is -2.16. The van der Waals surface area contributed by atoms with E-state index in [9.17, 15) is 21.6 Å². The monoisotopic (exact) mass is 384 g/mol. The van der Waals surface area contributed by atoms with Crippen molar-refractivity contribution in [2.75, 3.05) is 0 Å². The number of benzene rings is 2. The molecule has 2 aromatic carbocycles. The minimum absolute atomic E-state index is 0.0165. The molecule has 0 bridgehead atoms. The van der Waals surface area contributed by atoms with E-state index in [1.807, 2.05) is 0 Å². The molecule has 2 aromatic rings. The Morgan fingerprint density at radius 1 is 1.08 bits per heavy atom. The highest BCUT2D eigenvalue weighted by molar-refractivity contribution is 7.89. The maximum atomic E-state index is 13.1. The molecule has 1 aliphatic rings. The Morgan fingerprint density at radius 2 is 1.73 bits per heavy atom. The second-order valence-electron chi connectivity index (χ2n) is 5.78. The summed E-state index contributed by atoms with van der Waals surface area (Å²) in [5.74, 6) is -0.0165. The van der Waals surface area contributed by atoms with Gasteiger partial charge >= 0.3 is 6.18 Å². The van der Waals surface area contributed by atoms with E-state index >= 15 is 0 Å². The van der Waals surface area contributed by atoms with Crippen LogP contribution >= 0.6 is 0 Å². The van der Waals surface area contributed by atoms with Crippen LogP contribution in [0.2, 0.25) is 0 Å². The first-order chi connectivity index (χ1) is 12.1. The van der Waals surface area contributed by atoms with Gasteiger partial charge in [0.05, 0.1) is 10.6 Å². The first-order valence-electron chi connectivity index (χ1n) is 7.51. The maximum absolute atomic E-state index is 13.1. The van der Waals surface area contributed by atoms with E-state index in [1.54, 1.807) is 37.3 Å². The summed E-state index contributed by atoms with van der Waals surface area (Å²) in [4.78, 5) is -0.160. The average molecular weight is 384 g/mol. The molecule has 0 fully saturated rings. The van der Waals surface area contributed by atoms with Crippen molar-refractivity contribution >= 4 is 21.5 Å². The number of ether oxygens (including phenoxy) is 1. The molecule has 0 spiro atoms. The van der Waals surface area contributed by atoms with E-state index < -0.39 is 22.4 Å². The Bertz CT molecular complexity index is 970. The van der Waals surface area contributed by atoms with Crippen molar-refractivity contribution in [1.82, 2.24) is 5.32 Å². The van der Waals surface area contributed by atoms with E-state index in [1.165, 1.54) is 18.2 Å². The molecule has 1 aliphatic heterocycles. The Morgan fingerprint density at radius 3 is 2.31 bits per heavy atom. The van der Waals surface area contributed by atoms with Gasteiger partial charge in [-0.25, -0.2) is 13.6 Å². The Labute approximate surface area is 148 Å². The molecule has 1 atom stereocenters. The quantitative estimate of drug-likeness (QED) is 0.853. The minimum atomic E-state index is -4.64. The summed E-state index contributed by atoms with van der Waals surface area (Å²) in [7, 11) is -4.02. The van der Waals surface area contributed by atoms with Gasteiger partial charge in [0.25, 0.3) is 6.23 Å². The number of nitrogens with two attached hydrogens (primary N) is 1. The standard InChI is InChI=1S/C17H15F3N2O3S/c1-10-7-8-12(9-13(10)26(21,23)24)14-15(11-5-3-2-4-6-11)25-16(22-14)17(18,19)20/h2-9,16,22H,1H3,(H2,21,23,24). The zero-order valence-corrected chi connectivity index (χ0v) is 14.4.